The van der Waals surface area contributed by atoms with Crippen molar-refractivity contribution >= 4 is 6.09 Å². The standard InChI is InChI=1S/C13H28N2O3/c1-10(7-8-17-6)14-9-11(2)15-12(16)18-13(3,4)5/h10-11,14H,7-9H2,1-6H3,(H,15,16). The molecular weight excluding hydrogens is 232 g/mol. The van der Waals surface area contributed by atoms with E-state index in [1.165, 1.54) is 0 Å². The zero-order valence-corrected chi connectivity index (χ0v) is 12.5. The zero-order chi connectivity index (χ0) is 14.2. The van der Waals surface area contributed by atoms with E-state index in [9.17, 15) is 4.79 Å². The Morgan fingerprint density at radius 1 is 1.22 bits per heavy atom. The van der Waals surface area contributed by atoms with Crippen molar-refractivity contribution in [3.8, 4) is 0 Å². The Morgan fingerprint density at radius 2 is 1.83 bits per heavy atom. The van der Waals surface area contributed by atoms with E-state index in [2.05, 4.69) is 17.6 Å². The number of carbonyl (C=O) groups excluding carboxylic acids is 1. The van der Waals surface area contributed by atoms with Gasteiger partial charge in [-0.2, -0.15) is 0 Å². The number of ether oxygens (including phenoxy) is 2. The highest BCUT2D eigenvalue weighted by Crippen LogP contribution is 2.06. The average molecular weight is 260 g/mol. The van der Waals surface area contributed by atoms with Gasteiger partial charge in [-0.15, -0.1) is 0 Å². The molecule has 1 amide bonds. The number of nitrogens with one attached hydrogen (secondary N) is 2. The minimum absolute atomic E-state index is 0.0323. The first-order valence-electron chi connectivity index (χ1n) is 6.46. The van der Waals surface area contributed by atoms with E-state index >= 15 is 0 Å². The van der Waals surface area contributed by atoms with Crippen LogP contribution >= 0.6 is 0 Å². The summed E-state index contributed by atoms with van der Waals surface area (Å²) >= 11 is 0. The van der Waals surface area contributed by atoms with Crippen LogP contribution in [0.5, 0.6) is 0 Å². The minimum Gasteiger partial charge on any atom is -0.444 e. The van der Waals surface area contributed by atoms with Crippen LogP contribution in [0.2, 0.25) is 0 Å². The van der Waals surface area contributed by atoms with Gasteiger partial charge in [0.05, 0.1) is 0 Å². The number of amides is 1. The highest BCUT2D eigenvalue weighted by atomic mass is 16.6. The van der Waals surface area contributed by atoms with Crippen molar-refractivity contribution in [3.63, 3.8) is 0 Å². The summed E-state index contributed by atoms with van der Waals surface area (Å²) in [6.07, 6.45) is 0.580. The predicted octanol–water partition coefficient (Wildman–Crippen LogP) is 1.91. The first kappa shape index (κ1) is 17.2. The summed E-state index contributed by atoms with van der Waals surface area (Å²) in [7, 11) is 1.69. The largest absolute Gasteiger partial charge is 0.444 e. The summed E-state index contributed by atoms with van der Waals surface area (Å²) in [6, 6.07) is 0.401. The van der Waals surface area contributed by atoms with Crippen LogP contribution in [-0.4, -0.2) is 44.0 Å². The van der Waals surface area contributed by atoms with Crippen LogP contribution in [0.1, 0.15) is 41.0 Å². The van der Waals surface area contributed by atoms with Crippen molar-refractivity contribution < 1.29 is 14.3 Å². The molecule has 2 atom stereocenters. The Morgan fingerprint density at radius 3 is 2.33 bits per heavy atom. The van der Waals surface area contributed by atoms with Crippen LogP contribution in [0.25, 0.3) is 0 Å². The lowest BCUT2D eigenvalue weighted by atomic mass is 10.2. The molecule has 18 heavy (non-hydrogen) atoms. The van der Waals surface area contributed by atoms with E-state index in [-0.39, 0.29) is 12.1 Å². The van der Waals surface area contributed by atoms with Crippen LogP contribution in [0.15, 0.2) is 0 Å². The summed E-state index contributed by atoms with van der Waals surface area (Å²) in [6.45, 7) is 11.0. The second-order valence-electron chi connectivity index (χ2n) is 5.64. The second-order valence-corrected chi connectivity index (χ2v) is 5.64. The van der Waals surface area contributed by atoms with Crippen LogP contribution < -0.4 is 10.6 Å². The molecule has 0 saturated heterocycles. The molecule has 0 fully saturated rings. The molecule has 2 N–H and O–H groups in total. The molecule has 0 aliphatic heterocycles. The Hall–Kier alpha value is -0.810. The van der Waals surface area contributed by atoms with E-state index in [1.807, 2.05) is 27.7 Å². The summed E-state index contributed by atoms with van der Waals surface area (Å²) in [5, 5.41) is 6.13. The Bertz CT molecular complexity index is 239. The fourth-order valence-corrected chi connectivity index (χ4v) is 1.33. The summed E-state index contributed by atoms with van der Waals surface area (Å²) in [4.78, 5) is 11.5. The number of hydrogen-bond donors (Lipinski definition) is 2. The van der Waals surface area contributed by atoms with E-state index in [0.29, 0.717) is 12.6 Å². The maximum atomic E-state index is 11.5. The number of methoxy groups -OCH3 is 1. The third-order valence-electron chi connectivity index (χ3n) is 2.29. The van der Waals surface area contributed by atoms with Crippen molar-refractivity contribution in [2.45, 2.75) is 58.7 Å². The van der Waals surface area contributed by atoms with Gasteiger partial charge in [0.2, 0.25) is 0 Å². The normalized spacial score (nSPS) is 15.0. The average Bonchev–Trinajstić information content (AvgIpc) is 2.20. The number of alkyl carbamates (subject to hydrolysis) is 1. The molecule has 0 bridgehead atoms. The predicted molar refractivity (Wildman–Crippen MR) is 72.8 cm³/mol. The molecule has 0 aliphatic carbocycles. The maximum Gasteiger partial charge on any atom is 0.407 e. The molecule has 0 radical (unpaired) electrons. The van der Waals surface area contributed by atoms with Gasteiger partial charge >= 0.3 is 6.09 Å². The fraction of sp³-hybridized carbons (Fsp3) is 0.923. The second kappa shape index (κ2) is 8.32. The van der Waals surface area contributed by atoms with Gasteiger partial charge < -0.3 is 20.1 Å². The molecule has 5 heteroatoms. The third kappa shape index (κ3) is 10.4. The zero-order valence-electron chi connectivity index (χ0n) is 12.5. The lowest BCUT2D eigenvalue weighted by Crippen LogP contribution is -2.44. The summed E-state index contributed by atoms with van der Waals surface area (Å²) in [5.74, 6) is 0. The van der Waals surface area contributed by atoms with Crippen LogP contribution in [-0.2, 0) is 9.47 Å². The van der Waals surface area contributed by atoms with Gasteiger partial charge in [0.1, 0.15) is 5.60 Å². The monoisotopic (exact) mass is 260 g/mol. The summed E-state index contributed by atoms with van der Waals surface area (Å²) < 4.78 is 10.2. The van der Waals surface area contributed by atoms with Crippen molar-refractivity contribution in [1.29, 1.82) is 0 Å². The molecule has 108 valence electrons. The molecule has 2 unspecified atom stereocenters. The van der Waals surface area contributed by atoms with E-state index in [1.54, 1.807) is 7.11 Å². The Kier molecular flexibility index (Phi) is 7.95. The molecule has 0 aromatic rings. The SMILES string of the molecule is COCCC(C)NCC(C)NC(=O)OC(C)(C)C. The topological polar surface area (TPSA) is 59.6 Å². The molecule has 0 heterocycles. The quantitative estimate of drug-likeness (QED) is 0.734. The minimum atomic E-state index is -0.455. The lowest BCUT2D eigenvalue weighted by Gasteiger charge is -2.23. The van der Waals surface area contributed by atoms with Gasteiger partial charge in [-0.05, 0) is 41.0 Å². The summed E-state index contributed by atoms with van der Waals surface area (Å²) in [5.41, 5.74) is -0.455. The van der Waals surface area contributed by atoms with Gasteiger partial charge in [0.15, 0.2) is 0 Å². The van der Waals surface area contributed by atoms with Crippen molar-refractivity contribution in [2.75, 3.05) is 20.3 Å². The van der Waals surface area contributed by atoms with E-state index in [0.717, 1.165) is 13.0 Å². The van der Waals surface area contributed by atoms with Gasteiger partial charge in [0, 0.05) is 32.3 Å². The smallest absolute Gasteiger partial charge is 0.407 e. The molecule has 0 spiro atoms. The molecule has 0 aliphatic rings. The highest BCUT2D eigenvalue weighted by molar-refractivity contribution is 5.68. The molecule has 5 nitrogen and oxygen atoms in total. The first-order chi connectivity index (χ1) is 8.24. The molecule has 0 aromatic carbocycles. The maximum absolute atomic E-state index is 11.5. The van der Waals surface area contributed by atoms with Crippen LogP contribution in [0.3, 0.4) is 0 Å². The molecule has 0 rings (SSSR count). The Labute approximate surface area is 111 Å². The molecular formula is C13H28N2O3. The van der Waals surface area contributed by atoms with Gasteiger partial charge in [-0.1, -0.05) is 0 Å². The van der Waals surface area contributed by atoms with Crippen molar-refractivity contribution in [2.24, 2.45) is 0 Å². The number of hydrogen-bond acceptors (Lipinski definition) is 4. The lowest BCUT2D eigenvalue weighted by molar-refractivity contribution is 0.0507. The van der Waals surface area contributed by atoms with Gasteiger partial charge in [-0.25, -0.2) is 4.79 Å². The number of rotatable bonds is 7. The van der Waals surface area contributed by atoms with Gasteiger partial charge in [-0.3, -0.25) is 0 Å². The van der Waals surface area contributed by atoms with Crippen LogP contribution in [0.4, 0.5) is 4.79 Å². The number of carbonyl (C=O) groups is 1. The van der Waals surface area contributed by atoms with Gasteiger partial charge in [0.25, 0.3) is 0 Å². The molecule has 0 saturated carbocycles. The van der Waals surface area contributed by atoms with E-state index < -0.39 is 5.60 Å². The molecule has 0 aromatic heterocycles. The highest BCUT2D eigenvalue weighted by Gasteiger charge is 2.17. The fourth-order valence-electron chi connectivity index (χ4n) is 1.33. The van der Waals surface area contributed by atoms with Crippen LogP contribution in [0, 0.1) is 0 Å². The van der Waals surface area contributed by atoms with E-state index in [4.69, 9.17) is 9.47 Å². The first-order valence-corrected chi connectivity index (χ1v) is 6.46. The van der Waals surface area contributed by atoms with Crippen molar-refractivity contribution in [3.05, 3.63) is 0 Å². The van der Waals surface area contributed by atoms with Crippen molar-refractivity contribution in [1.82, 2.24) is 10.6 Å². The third-order valence-corrected chi connectivity index (χ3v) is 2.29. The Balaban J connectivity index is 3.76.